The van der Waals surface area contributed by atoms with Gasteiger partial charge in [0, 0.05) is 5.56 Å². The highest BCUT2D eigenvalue weighted by atomic mass is 32.1. The Balaban J connectivity index is 2.02. The molecule has 0 unspecified atom stereocenters. The summed E-state index contributed by atoms with van der Waals surface area (Å²) in [6, 6.07) is 5.64. The van der Waals surface area contributed by atoms with Crippen LogP contribution in [-0.2, 0) is 11.3 Å². The second kappa shape index (κ2) is 4.97. The van der Waals surface area contributed by atoms with Crippen molar-refractivity contribution < 1.29 is 13.9 Å². The number of hydrogen-bond acceptors (Lipinski definition) is 4. The van der Waals surface area contributed by atoms with Crippen LogP contribution in [0.1, 0.15) is 15.9 Å². The van der Waals surface area contributed by atoms with Gasteiger partial charge in [0.1, 0.15) is 12.4 Å². The van der Waals surface area contributed by atoms with Crippen molar-refractivity contribution in [2.45, 2.75) is 6.61 Å². The van der Waals surface area contributed by atoms with E-state index in [-0.39, 0.29) is 17.9 Å². The minimum Gasteiger partial charge on any atom is -0.457 e. The van der Waals surface area contributed by atoms with Gasteiger partial charge in [-0.3, -0.25) is 0 Å². The molecule has 17 heavy (non-hydrogen) atoms. The van der Waals surface area contributed by atoms with E-state index in [0.29, 0.717) is 0 Å². The van der Waals surface area contributed by atoms with Crippen molar-refractivity contribution in [1.29, 1.82) is 0 Å². The van der Waals surface area contributed by atoms with Gasteiger partial charge in [-0.2, -0.15) is 11.3 Å². The summed E-state index contributed by atoms with van der Waals surface area (Å²) in [5, 5.41) is 3.80. The van der Waals surface area contributed by atoms with E-state index in [1.807, 2.05) is 16.8 Å². The molecule has 88 valence electrons. The number of nitrogens with two attached hydrogens (primary N) is 1. The zero-order valence-corrected chi connectivity index (χ0v) is 9.67. The van der Waals surface area contributed by atoms with Gasteiger partial charge < -0.3 is 10.5 Å². The SMILES string of the molecule is Nc1cc(C(=O)OCc2ccsc2)ccc1F. The maximum atomic E-state index is 12.9. The van der Waals surface area contributed by atoms with Crippen LogP contribution < -0.4 is 5.73 Å². The fourth-order valence-corrected chi connectivity index (χ4v) is 1.93. The van der Waals surface area contributed by atoms with Gasteiger partial charge >= 0.3 is 5.97 Å². The molecule has 0 spiro atoms. The molecule has 2 N–H and O–H groups in total. The Hall–Kier alpha value is -1.88. The Morgan fingerprint density at radius 3 is 2.88 bits per heavy atom. The summed E-state index contributed by atoms with van der Waals surface area (Å²) in [7, 11) is 0. The molecule has 2 rings (SSSR count). The topological polar surface area (TPSA) is 52.3 Å². The zero-order chi connectivity index (χ0) is 12.3. The molecule has 0 aliphatic carbocycles. The number of halogens is 1. The summed E-state index contributed by atoms with van der Waals surface area (Å²) < 4.78 is 18.0. The summed E-state index contributed by atoms with van der Waals surface area (Å²) in [6.45, 7) is 0.208. The smallest absolute Gasteiger partial charge is 0.338 e. The third-order valence-corrected chi connectivity index (χ3v) is 2.91. The number of esters is 1. The van der Waals surface area contributed by atoms with Gasteiger partial charge in [0.15, 0.2) is 0 Å². The Kier molecular flexibility index (Phi) is 3.39. The van der Waals surface area contributed by atoms with Crippen LogP contribution in [0.25, 0.3) is 0 Å². The van der Waals surface area contributed by atoms with Gasteiger partial charge in [-0.15, -0.1) is 0 Å². The lowest BCUT2D eigenvalue weighted by molar-refractivity contribution is 0.0473. The van der Waals surface area contributed by atoms with Gasteiger partial charge in [0.2, 0.25) is 0 Å². The molecule has 5 heteroatoms. The number of hydrogen-bond donors (Lipinski definition) is 1. The van der Waals surface area contributed by atoms with E-state index in [4.69, 9.17) is 10.5 Å². The van der Waals surface area contributed by atoms with Gasteiger partial charge in [-0.05, 0) is 35.0 Å². The molecular weight excluding hydrogens is 241 g/mol. The Bertz CT molecular complexity index is 525. The monoisotopic (exact) mass is 251 g/mol. The van der Waals surface area contributed by atoms with Crippen molar-refractivity contribution in [2.75, 3.05) is 5.73 Å². The second-order valence-corrected chi connectivity index (χ2v) is 4.22. The van der Waals surface area contributed by atoms with Crippen LogP contribution in [0.15, 0.2) is 35.0 Å². The molecule has 0 saturated carbocycles. The summed E-state index contributed by atoms with van der Waals surface area (Å²) in [4.78, 5) is 11.6. The second-order valence-electron chi connectivity index (χ2n) is 3.44. The lowest BCUT2D eigenvalue weighted by Crippen LogP contribution is -2.06. The first-order valence-corrected chi connectivity index (χ1v) is 5.84. The summed E-state index contributed by atoms with van der Waals surface area (Å²) in [6.07, 6.45) is 0. The summed E-state index contributed by atoms with van der Waals surface area (Å²) in [5.41, 5.74) is 6.49. The van der Waals surface area contributed by atoms with Gasteiger partial charge in [-0.25, -0.2) is 9.18 Å². The Morgan fingerprint density at radius 2 is 2.24 bits per heavy atom. The van der Waals surface area contributed by atoms with E-state index >= 15 is 0 Å². The predicted octanol–water partition coefficient (Wildman–Crippen LogP) is 2.83. The van der Waals surface area contributed by atoms with Gasteiger partial charge in [0.25, 0.3) is 0 Å². The third-order valence-electron chi connectivity index (χ3n) is 2.18. The van der Waals surface area contributed by atoms with Crippen molar-refractivity contribution in [1.82, 2.24) is 0 Å². The largest absolute Gasteiger partial charge is 0.457 e. The molecule has 1 aromatic carbocycles. The maximum Gasteiger partial charge on any atom is 0.338 e. The van der Waals surface area contributed by atoms with Crippen LogP contribution >= 0.6 is 11.3 Å². The quantitative estimate of drug-likeness (QED) is 0.674. The van der Waals surface area contributed by atoms with Crippen molar-refractivity contribution in [3.8, 4) is 0 Å². The highest BCUT2D eigenvalue weighted by Gasteiger charge is 2.09. The van der Waals surface area contributed by atoms with Crippen molar-refractivity contribution in [3.63, 3.8) is 0 Å². The molecule has 0 saturated heterocycles. The van der Waals surface area contributed by atoms with E-state index in [1.54, 1.807) is 0 Å². The lowest BCUT2D eigenvalue weighted by Gasteiger charge is -2.04. The number of rotatable bonds is 3. The molecule has 0 aliphatic rings. The highest BCUT2D eigenvalue weighted by molar-refractivity contribution is 7.07. The first kappa shape index (κ1) is 11.6. The minimum atomic E-state index is -0.542. The molecule has 1 heterocycles. The highest BCUT2D eigenvalue weighted by Crippen LogP contribution is 2.14. The van der Waals surface area contributed by atoms with Crippen LogP contribution in [0.5, 0.6) is 0 Å². The number of anilines is 1. The number of nitrogen functional groups attached to an aromatic ring is 1. The minimum absolute atomic E-state index is 0.0602. The van der Waals surface area contributed by atoms with Crippen LogP contribution in [0.3, 0.4) is 0 Å². The Morgan fingerprint density at radius 1 is 1.41 bits per heavy atom. The van der Waals surface area contributed by atoms with Crippen LogP contribution in [0.4, 0.5) is 10.1 Å². The van der Waals surface area contributed by atoms with Crippen LogP contribution in [0, 0.1) is 5.82 Å². The normalized spacial score (nSPS) is 10.2. The number of ether oxygens (including phenoxy) is 1. The van der Waals surface area contributed by atoms with E-state index in [1.165, 1.54) is 23.5 Å². The summed E-state index contributed by atoms with van der Waals surface area (Å²) in [5.74, 6) is -1.05. The molecule has 0 fully saturated rings. The first-order chi connectivity index (χ1) is 8.16. The molecule has 3 nitrogen and oxygen atoms in total. The zero-order valence-electron chi connectivity index (χ0n) is 8.85. The molecular formula is C12H10FNO2S. The average molecular weight is 251 g/mol. The van der Waals surface area contributed by atoms with E-state index < -0.39 is 11.8 Å². The fraction of sp³-hybridized carbons (Fsp3) is 0.0833. The third kappa shape index (κ3) is 2.82. The summed E-state index contributed by atoms with van der Waals surface area (Å²) >= 11 is 1.53. The van der Waals surface area contributed by atoms with Crippen molar-refractivity contribution in [3.05, 3.63) is 52.0 Å². The molecule has 2 aromatic rings. The van der Waals surface area contributed by atoms with Crippen LogP contribution in [0.2, 0.25) is 0 Å². The number of benzene rings is 1. The van der Waals surface area contributed by atoms with E-state index in [2.05, 4.69) is 0 Å². The Labute approximate surface area is 102 Å². The van der Waals surface area contributed by atoms with Crippen LogP contribution in [-0.4, -0.2) is 5.97 Å². The molecule has 1 aromatic heterocycles. The lowest BCUT2D eigenvalue weighted by atomic mass is 10.2. The fourth-order valence-electron chi connectivity index (χ4n) is 1.28. The molecule has 0 bridgehead atoms. The van der Waals surface area contributed by atoms with Gasteiger partial charge in [-0.1, -0.05) is 0 Å². The molecule has 0 amide bonds. The van der Waals surface area contributed by atoms with Crippen molar-refractivity contribution in [2.24, 2.45) is 0 Å². The first-order valence-electron chi connectivity index (χ1n) is 4.90. The molecule has 0 atom stereocenters. The predicted molar refractivity (Wildman–Crippen MR) is 64.3 cm³/mol. The number of thiophene rings is 1. The number of carbonyl (C=O) groups excluding carboxylic acids is 1. The molecule has 0 radical (unpaired) electrons. The average Bonchev–Trinajstić information content (AvgIpc) is 2.82. The molecule has 0 aliphatic heterocycles. The number of carbonyl (C=O) groups is 1. The van der Waals surface area contributed by atoms with E-state index in [0.717, 1.165) is 11.6 Å². The maximum absolute atomic E-state index is 12.9. The van der Waals surface area contributed by atoms with Gasteiger partial charge in [0.05, 0.1) is 11.3 Å². The van der Waals surface area contributed by atoms with E-state index in [9.17, 15) is 9.18 Å². The van der Waals surface area contributed by atoms with Crippen molar-refractivity contribution >= 4 is 23.0 Å². The standard InChI is InChI=1S/C12H10FNO2S/c13-10-2-1-9(5-11(10)14)12(15)16-6-8-3-4-17-7-8/h1-5,7H,6,14H2.